The predicted octanol–water partition coefficient (Wildman–Crippen LogP) is 2.92. The van der Waals surface area contributed by atoms with Crippen molar-refractivity contribution in [2.75, 3.05) is 19.6 Å². The Balaban J connectivity index is 1.42. The molecule has 1 aliphatic rings. The zero-order chi connectivity index (χ0) is 14.5. The average Bonchev–Trinajstić information content (AvgIpc) is 2.93. The Kier molecular flexibility index (Phi) is 4.71. The monoisotopic (exact) mass is 283 g/mol. The molecule has 0 radical (unpaired) electrons. The summed E-state index contributed by atoms with van der Waals surface area (Å²) in [6, 6.07) is 10.8. The molecule has 21 heavy (non-hydrogen) atoms. The molecule has 0 atom stereocenters. The first-order valence-electron chi connectivity index (χ1n) is 8.04. The average molecular weight is 283 g/mol. The number of hydrogen-bond donors (Lipinski definition) is 0. The SMILES string of the molecule is Cn1ccnc1CC1CCN(CCc2ccccc2)CC1. The Labute approximate surface area is 127 Å². The fourth-order valence-electron chi connectivity index (χ4n) is 3.20. The highest BCUT2D eigenvalue weighted by atomic mass is 15.1. The summed E-state index contributed by atoms with van der Waals surface area (Å²) in [5.41, 5.74) is 1.45. The molecule has 3 rings (SSSR count). The third kappa shape index (κ3) is 3.94. The van der Waals surface area contributed by atoms with Crippen molar-refractivity contribution in [3.8, 4) is 0 Å². The number of rotatable bonds is 5. The summed E-state index contributed by atoms with van der Waals surface area (Å²) in [5.74, 6) is 2.04. The van der Waals surface area contributed by atoms with Gasteiger partial charge < -0.3 is 9.47 Å². The third-order valence-corrected chi connectivity index (χ3v) is 4.66. The molecule has 0 amide bonds. The summed E-state index contributed by atoms with van der Waals surface area (Å²) in [6.45, 7) is 3.67. The van der Waals surface area contributed by atoms with Crippen molar-refractivity contribution in [2.24, 2.45) is 13.0 Å². The van der Waals surface area contributed by atoms with Crippen LogP contribution < -0.4 is 0 Å². The summed E-state index contributed by atoms with van der Waals surface area (Å²) in [6.07, 6.45) is 8.87. The second-order valence-electron chi connectivity index (χ2n) is 6.18. The van der Waals surface area contributed by atoms with E-state index in [4.69, 9.17) is 0 Å². The van der Waals surface area contributed by atoms with Gasteiger partial charge in [0.05, 0.1) is 0 Å². The molecule has 112 valence electrons. The van der Waals surface area contributed by atoms with Gasteiger partial charge in [-0.3, -0.25) is 0 Å². The molecule has 0 aliphatic carbocycles. The van der Waals surface area contributed by atoms with E-state index in [0.29, 0.717) is 0 Å². The van der Waals surface area contributed by atoms with Crippen LogP contribution >= 0.6 is 0 Å². The molecule has 1 fully saturated rings. The first-order valence-corrected chi connectivity index (χ1v) is 8.04. The number of hydrogen-bond acceptors (Lipinski definition) is 2. The number of likely N-dealkylation sites (tertiary alicyclic amines) is 1. The largest absolute Gasteiger partial charge is 0.338 e. The molecular formula is C18H25N3. The van der Waals surface area contributed by atoms with Gasteiger partial charge in [0, 0.05) is 32.4 Å². The molecule has 0 bridgehead atoms. The van der Waals surface area contributed by atoms with Gasteiger partial charge in [0.25, 0.3) is 0 Å². The lowest BCUT2D eigenvalue weighted by Crippen LogP contribution is -2.35. The second-order valence-corrected chi connectivity index (χ2v) is 6.18. The summed E-state index contributed by atoms with van der Waals surface area (Å²) >= 11 is 0. The fourth-order valence-corrected chi connectivity index (χ4v) is 3.20. The maximum atomic E-state index is 4.45. The van der Waals surface area contributed by atoms with Crippen LogP contribution in [0.3, 0.4) is 0 Å². The highest BCUT2D eigenvalue weighted by molar-refractivity contribution is 5.14. The fraction of sp³-hybridized carbons (Fsp3) is 0.500. The van der Waals surface area contributed by atoms with Gasteiger partial charge in [-0.15, -0.1) is 0 Å². The van der Waals surface area contributed by atoms with Crippen molar-refractivity contribution < 1.29 is 0 Å². The molecule has 2 aromatic rings. The van der Waals surface area contributed by atoms with E-state index in [-0.39, 0.29) is 0 Å². The van der Waals surface area contributed by atoms with Gasteiger partial charge in [-0.25, -0.2) is 4.98 Å². The normalized spacial score (nSPS) is 17.2. The van der Waals surface area contributed by atoms with E-state index in [1.165, 1.54) is 50.3 Å². The summed E-state index contributed by atoms with van der Waals surface area (Å²) < 4.78 is 2.15. The van der Waals surface area contributed by atoms with Crippen LogP contribution in [-0.2, 0) is 19.9 Å². The van der Waals surface area contributed by atoms with E-state index < -0.39 is 0 Å². The maximum absolute atomic E-state index is 4.45. The molecule has 1 saturated heterocycles. The summed E-state index contributed by atoms with van der Waals surface area (Å²) in [4.78, 5) is 7.07. The zero-order valence-electron chi connectivity index (χ0n) is 12.9. The van der Waals surface area contributed by atoms with Crippen LogP contribution in [0.25, 0.3) is 0 Å². The van der Waals surface area contributed by atoms with E-state index >= 15 is 0 Å². The van der Waals surface area contributed by atoms with Crippen LogP contribution in [0.5, 0.6) is 0 Å². The standard InChI is InChI=1S/C18H25N3/c1-20-14-10-19-18(20)15-17-8-12-21(13-9-17)11-7-16-5-3-2-4-6-16/h2-6,10,14,17H,7-9,11-13,15H2,1H3. The Morgan fingerprint density at radius 2 is 1.90 bits per heavy atom. The van der Waals surface area contributed by atoms with Crippen LogP contribution in [0.4, 0.5) is 0 Å². The van der Waals surface area contributed by atoms with E-state index in [2.05, 4.69) is 51.8 Å². The van der Waals surface area contributed by atoms with Gasteiger partial charge >= 0.3 is 0 Å². The lowest BCUT2D eigenvalue weighted by atomic mass is 9.93. The molecule has 0 unspecified atom stereocenters. The van der Waals surface area contributed by atoms with Crippen molar-refractivity contribution in [1.29, 1.82) is 0 Å². The van der Waals surface area contributed by atoms with E-state index in [9.17, 15) is 0 Å². The number of nitrogens with zero attached hydrogens (tertiary/aromatic N) is 3. The molecule has 0 spiro atoms. The summed E-state index contributed by atoms with van der Waals surface area (Å²) in [7, 11) is 2.09. The lowest BCUT2D eigenvalue weighted by Gasteiger charge is -2.31. The molecule has 1 aliphatic heterocycles. The van der Waals surface area contributed by atoms with Crippen molar-refractivity contribution in [3.05, 3.63) is 54.1 Å². The molecule has 0 N–H and O–H groups in total. The van der Waals surface area contributed by atoms with Crippen molar-refractivity contribution in [3.63, 3.8) is 0 Å². The Bertz CT molecular complexity index is 539. The number of benzene rings is 1. The molecular weight excluding hydrogens is 258 g/mol. The molecule has 2 heterocycles. The van der Waals surface area contributed by atoms with E-state index in [1.54, 1.807) is 0 Å². The van der Waals surface area contributed by atoms with E-state index in [1.807, 2.05) is 12.4 Å². The molecule has 1 aromatic heterocycles. The van der Waals surface area contributed by atoms with Crippen LogP contribution in [0.15, 0.2) is 42.7 Å². The zero-order valence-corrected chi connectivity index (χ0v) is 12.9. The van der Waals surface area contributed by atoms with Gasteiger partial charge in [-0.05, 0) is 43.8 Å². The lowest BCUT2D eigenvalue weighted by molar-refractivity contribution is 0.184. The summed E-state index contributed by atoms with van der Waals surface area (Å²) in [5, 5.41) is 0. The Hall–Kier alpha value is -1.61. The molecule has 3 heteroatoms. The van der Waals surface area contributed by atoms with Gasteiger partial charge in [-0.2, -0.15) is 0 Å². The van der Waals surface area contributed by atoms with Crippen molar-refractivity contribution in [2.45, 2.75) is 25.7 Å². The van der Waals surface area contributed by atoms with E-state index in [0.717, 1.165) is 12.3 Å². The Morgan fingerprint density at radius 3 is 2.57 bits per heavy atom. The van der Waals surface area contributed by atoms with Gasteiger partial charge in [0.2, 0.25) is 0 Å². The van der Waals surface area contributed by atoms with Crippen LogP contribution in [0, 0.1) is 5.92 Å². The van der Waals surface area contributed by atoms with Crippen LogP contribution in [0.1, 0.15) is 24.2 Å². The highest BCUT2D eigenvalue weighted by Gasteiger charge is 2.20. The third-order valence-electron chi connectivity index (χ3n) is 4.66. The van der Waals surface area contributed by atoms with Crippen LogP contribution in [-0.4, -0.2) is 34.1 Å². The molecule has 0 saturated carbocycles. The number of imidazole rings is 1. The van der Waals surface area contributed by atoms with Gasteiger partial charge in [-0.1, -0.05) is 30.3 Å². The number of aromatic nitrogens is 2. The minimum Gasteiger partial charge on any atom is -0.338 e. The number of piperidine rings is 1. The first kappa shape index (κ1) is 14.3. The second kappa shape index (κ2) is 6.90. The molecule has 1 aromatic carbocycles. The first-order chi connectivity index (χ1) is 10.3. The quantitative estimate of drug-likeness (QED) is 0.841. The Morgan fingerprint density at radius 1 is 1.14 bits per heavy atom. The minimum absolute atomic E-state index is 0.805. The molecule has 3 nitrogen and oxygen atoms in total. The number of aryl methyl sites for hydroxylation is 1. The van der Waals surface area contributed by atoms with Crippen molar-refractivity contribution in [1.82, 2.24) is 14.5 Å². The topological polar surface area (TPSA) is 21.1 Å². The smallest absolute Gasteiger partial charge is 0.108 e. The van der Waals surface area contributed by atoms with Crippen molar-refractivity contribution >= 4 is 0 Å². The van der Waals surface area contributed by atoms with Gasteiger partial charge in [0.1, 0.15) is 5.82 Å². The predicted molar refractivity (Wildman–Crippen MR) is 86.2 cm³/mol. The van der Waals surface area contributed by atoms with Crippen LogP contribution in [0.2, 0.25) is 0 Å². The minimum atomic E-state index is 0.805. The maximum Gasteiger partial charge on any atom is 0.108 e. The van der Waals surface area contributed by atoms with Gasteiger partial charge in [0.15, 0.2) is 0 Å². The highest BCUT2D eigenvalue weighted by Crippen LogP contribution is 2.21.